The van der Waals surface area contributed by atoms with Crippen molar-refractivity contribution in [1.82, 2.24) is 4.98 Å². The zero-order valence-corrected chi connectivity index (χ0v) is 9.63. The van der Waals surface area contributed by atoms with Gasteiger partial charge in [0, 0.05) is 16.0 Å². The fourth-order valence-electron chi connectivity index (χ4n) is 1.15. The molecule has 6 heteroatoms. The van der Waals surface area contributed by atoms with E-state index < -0.39 is 5.82 Å². The highest BCUT2D eigenvalue weighted by atomic mass is 35.5. The van der Waals surface area contributed by atoms with Crippen LogP contribution in [0.1, 0.15) is 0 Å². The molecule has 0 fully saturated rings. The van der Waals surface area contributed by atoms with Gasteiger partial charge in [0.1, 0.15) is 0 Å². The van der Waals surface area contributed by atoms with E-state index in [0.29, 0.717) is 15.8 Å². The standard InChI is InChI=1S/C9H5Cl2FN2S/c10-4-1-5(8(12)6(11)2-4)7-3-15-9(13)14-7/h1-3H,(H2,13,14). The second-order valence-electron chi connectivity index (χ2n) is 2.82. The maximum absolute atomic E-state index is 13.6. The van der Waals surface area contributed by atoms with Crippen LogP contribution in [-0.4, -0.2) is 4.98 Å². The third kappa shape index (κ3) is 2.07. The number of rotatable bonds is 1. The van der Waals surface area contributed by atoms with Gasteiger partial charge in [-0.25, -0.2) is 9.37 Å². The highest BCUT2D eigenvalue weighted by Crippen LogP contribution is 2.32. The Kier molecular flexibility index (Phi) is 2.82. The minimum Gasteiger partial charge on any atom is -0.375 e. The number of anilines is 1. The van der Waals surface area contributed by atoms with Crippen molar-refractivity contribution < 1.29 is 4.39 Å². The summed E-state index contributed by atoms with van der Waals surface area (Å²) in [5.74, 6) is -0.536. The minimum absolute atomic E-state index is 0.0240. The van der Waals surface area contributed by atoms with Crippen molar-refractivity contribution in [3.63, 3.8) is 0 Å². The van der Waals surface area contributed by atoms with Gasteiger partial charge in [0.25, 0.3) is 0 Å². The lowest BCUT2D eigenvalue weighted by atomic mass is 10.1. The van der Waals surface area contributed by atoms with Crippen LogP contribution in [-0.2, 0) is 0 Å². The Bertz CT molecular complexity index is 513. The quantitative estimate of drug-likeness (QED) is 0.794. The number of thiazole rings is 1. The molecule has 15 heavy (non-hydrogen) atoms. The first-order chi connectivity index (χ1) is 7.08. The summed E-state index contributed by atoms with van der Waals surface area (Å²) >= 11 is 12.7. The lowest BCUT2D eigenvalue weighted by Gasteiger charge is -2.02. The predicted molar refractivity (Wildman–Crippen MR) is 61.9 cm³/mol. The molecule has 2 rings (SSSR count). The summed E-state index contributed by atoms with van der Waals surface area (Å²) in [5.41, 5.74) is 6.17. The molecule has 0 atom stereocenters. The lowest BCUT2D eigenvalue weighted by Crippen LogP contribution is -1.88. The molecule has 2 aromatic rings. The van der Waals surface area contributed by atoms with E-state index >= 15 is 0 Å². The van der Waals surface area contributed by atoms with Crippen molar-refractivity contribution in [2.24, 2.45) is 0 Å². The number of hydrogen-bond donors (Lipinski definition) is 1. The molecule has 78 valence electrons. The zero-order valence-electron chi connectivity index (χ0n) is 7.30. The van der Waals surface area contributed by atoms with Crippen LogP contribution >= 0.6 is 34.5 Å². The molecule has 0 spiro atoms. The topological polar surface area (TPSA) is 38.9 Å². The summed E-state index contributed by atoms with van der Waals surface area (Å²) in [6.07, 6.45) is 0. The van der Waals surface area contributed by atoms with Crippen LogP contribution in [0.2, 0.25) is 10.0 Å². The SMILES string of the molecule is Nc1nc(-c2cc(Cl)cc(Cl)c2F)cs1. The van der Waals surface area contributed by atoms with Gasteiger partial charge in [0.2, 0.25) is 0 Å². The van der Waals surface area contributed by atoms with Crippen LogP contribution in [0.3, 0.4) is 0 Å². The monoisotopic (exact) mass is 262 g/mol. The lowest BCUT2D eigenvalue weighted by molar-refractivity contribution is 0.631. The first kappa shape index (κ1) is 10.7. The summed E-state index contributed by atoms with van der Waals surface area (Å²) < 4.78 is 13.6. The van der Waals surface area contributed by atoms with Gasteiger partial charge in [-0.05, 0) is 12.1 Å². The molecule has 0 unspecified atom stereocenters. The van der Waals surface area contributed by atoms with E-state index in [2.05, 4.69) is 4.98 Å². The van der Waals surface area contributed by atoms with E-state index in [4.69, 9.17) is 28.9 Å². The molecule has 0 bridgehead atoms. The summed E-state index contributed by atoms with van der Waals surface area (Å²) in [6.45, 7) is 0. The number of benzene rings is 1. The third-order valence-corrected chi connectivity index (χ3v) is 2.96. The number of nitrogens with zero attached hydrogens (tertiary/aromatic N) is 1. The maximum atomic E-state index is 13.6. The molecule has 0 aliphatic carbocycles. The van der Waals surface area contributed by atoms with Crippen LogP contribution < -0.4 is 5.73 Å². The highest BCUT2D eigenvalue weighted by molar-refractivity contribution is 7.13. The molecule has 0 aliphatic rings. The van der Waals surface area contributed by atoms with Crippen LogP contribution in [0.15, 0.2) is 17.5 Å². The van der Waals surface area contributed by atoms with Gasteiger partial charge in [0.05, 0.1) is 10.7 Å². The molecule has 1 aromatic carbocycles. The molecule has 0 saturated carbocycles. The van der Waals surface area contributed by atoms with Gasteiger partial charge >= 0.3 is 0 Å². The molecule has 1 aromatic heterocycles. The summed E-state index contributed by atoms with van der Waals surface area (Å²) in [6, 6.07) is 2.81. The molecule has 0 radical (unpaired) electrons. The van der Waals surface area contributed by atoms with Crippen molar-refractivity contribution in [3.8, 4) is 11.3 Å². The number of nitrogens with two attached hydrogens (primary N) is 1. The average Bonchev–Trinajstić information content (AvgIpc) is 2.58. The van der Waals surface area contributed by atoms with E-state index in [1.54, 1.807) is 5.38 Å². The van der Waals surface area contributed by atoms with E-state index in [-0.39, 0.29) is 10.6 Å². The molecule has 2 N–H and O–H groups in total. The van der Waals surface area contributed by atoms with Gasteiger partial charge in [-0.15, -0.1) is 11.3 Å². The molecule has 1 heterocycles. The van der Waals surface area contributed by atoms with Gasteiger partial charge in [-0.3, -0.25) is 0 Å². The summed E-state index contributed by atoms with van der Waals surface area (Å²) in [5, 5.41) is 2.37. The Morgan fingerprint density at radius 1 is 1.33 bits per heavy atom. The number of aromatic nitrogens is 1. The van der Waals surface area contributed by atoms with Crippen LogP contribution in [0.4, 0.5) is 9.52 Å². The normalized spacial score (nSPS) is 10.6. The second kappa shape index (κ2) is 3.96. The fourth-order valence-corrected chi connectivity index (χ4v) is 2.21. The van der Waals surface area contributed by atoms with Crippen molar-refractivity contribution in [2.75, 3.05) is 5.73 Å². The first-order valence-corrected chi connectivity index (χ1v) is 5.57. The van der Waals surface area contributed by atoms with Crippen molar-refractivity contribution >= 4 is 39.7 Å². The molecule has 0 aliphatic heterocycles. The highest BCUT2D eigenvalue weighted by Gasteiger charge is 2.12. The van der Waals surface area contributed by atoms with Crippen LogP contribution in [0.5, 0.6) is 0 Å². The summed E-state index contributed by atoms with van der Waals surface area (Å²) in [4.78, 5) is 3.96. The van der Waals surface area contributed by atoms with Gasteiger partial charge in [0.15, 0.2) is 10.9 Å². The Balaban J connectivity index is 2.62. The van der Waals surface area contributed by atoms with E-state index in [9.17, 15) is 4.39 Å². The van der Waals surface area contributed by atoms with E-state index in [1.165, 1.54) is 23.5 Å². The van der Waals surface area contributed by atoms with Gasteiger partial charge in [-0.1, -0.05) is 23.2 Å². The van der Waals surface area contributed by atoms with Crippen molar-refractivity contribution in [1.29, 1.82) is 0 Å². The number of halogens is 3. The number of hydrogen-bond acceptors (Lipinski definition) is 3. The molecular formula is C9H5Cl2FN2S. The maximum Gasteiger partial charge on any atom is 0.180 e. The van der Waals surface area contributed by atoms with E-state index in [0.717, 1.165) is 0 Å². The van der Waals surface area contributed by atoms with Crippen LogP contribution in [0, 0.1) is 5.82 Å². The van der Waals surface area contributed by atoms with Gasteiger partial charge < -0.3 is 5.73 Å². The van der Waals surface area contributed by atoms with E-state index in [1.807, 2.05) is 0 Å². The molecule has 2 nitrogen and oxygen atoms in total. The largest absolute Gasteiger partial charge is 0.375 e. The zero-order chi connectivity index (χ0) is 11.0. The Labute approximate surface area is 99.5 Å². The fraction of sp³-hybridized carbons (Fsp3) is 0. The Hall–Kier alpha value is -0.840. The Morgan fingerprint density at radius 3 is 2.67 bits per heavy atom. The summed E-state index contributed by atoms with van der Waals surface area (Å²) in [7, 11) is 0. The minimum atomic E-state index is -0.536. The van der Waals surface area contributed by atoms with Crippen molar-refractivity contribution in [2.45, 2.75) is 0 Å². The number of nitrogen functional groups attached to an aromatic ring is 1. The molecule has 0 saturated heterocycles. The predicted octanol–water partition coefficient (Wildman–Crippen LogP) is 3.84. The van der Waals surface area contributed by atoms with Crippen LogP contribution in [0.25, 0.3) is 11.3 Å². The van der Waals surface area contributed by atoms with Gasteiger partial charge in [-0.2, -0.15) is 0 Å². The first-order valence-electron chi connectivity index (χ1n) is 3.94. The Morgan fingerprint density at radius 2 is 2.07 bits per heavy atom. The third-order valence-electron chi connectivity index (χ3n) is 1.79. The molecule has 0 amide bonds. The van der Waals surface area contributed by atoms with Crippen molar-refractivity contribution in [3.05, 3.63) is 33.4 Å². The molecular weight excluding hydrogens is 258 g/mol. The smallest absolute Gasteiger partial charge is 0.180 e. The average molecular weight is 263 g/mol. The second-order valence-corrected chi connectivity index (χ2v) is 4.55.